The molecule has 54 heavy (non-hydrogen) atoms. The second kappa shape index (κ2) is 18.8. The van der Waals surface area contributed by atoms with Crippen molar-refractivity contribution in [3.05, 3.63) is 148 Å². The molecule has 0 fully saturated rings. The molecule has 0 aliphatic heterocycles. The SMILES string of the molecule is CCN(Cc1cccc(S(=O)(=O)O)c1)c1ccc(C(=C2C=CC(=O)C=C2S(=O)(=O)O)c2ccc(N(CC)Cc3cccc(S(=O)(=O)O)c3)cc2)cc1.[Na].[Na]. The molecule has 0 aromatic heterocycles. The number of hydrogen-bond donors (Lipinski definition) is 3. The Bertz CT molecular complexity index is 2300. The number of benzene rings is 4. The zero-order valence-corrected chi connectivity index (χ0v) is 36.6. The average molecular weight is 811 g/mol. The van der Waals surface area contributed by atoms with E-state index in [4.69, 9.17) is 0 Å². The summed E-state index contributed by atoms with van der Waals surface area (Å²) < 4.78 is 101. The second-order valence-electron chi connectivity index (χ2n) is 11.9. The third kappa shape index (κ3) is 11.3. The average Bonchev–Trinajstić information content (AvgIpc) is 3.10. The molecule has 17 heteroatoms. The van der Waals surface area contributed by atoms with Crippen molar-refractivity contribution in [2.45, 2.75) is 36.7 Å². The molecule has 2 radical (unpaired) electrons. The van der Waals surface area contributed by atoms with Gasteiger partial charge in [-0.25, -0.2) is 0 Å². The van der Waals surface area contributed by atoms with E-state index in [1.54, 1.807) is 48.5 Å². The topological polar surface area (TPSA) is 187 Å². The van der Waals surface area contributed by atoms with Gasteiger partial charge in [0.2, 0.25) is 0 Å². The van der Waals surface area contributed by atoms with E-state index >= 15 is 0 Å². The molecule has 0 saturated carbocycles. The van der Waals surface area contributed by atoms with Crippen molar-refractivity contribution < 1.29 is 43.7 Å². The maximum absolute atomic E-state index is 12.5. The first-order valence-corrected chi connectivity index (χ1v) is 20.3. The molecular weight excluding hydrogens is 775 g/mol. The van der Waals surface area contributed by atoms with Crippen LogP contribution in [0.2, 0.25) is 0 Å². The Balaban J connectivity index is 0.00000392. The van der Waals surface area contributed by atoms with Crippen LogP contribution in [0.3, 0.4) is 0 Å². The predicted molar refractivity (Wildman–Crippen MR) is 210 cm³/mol. The van der Waals surface area contributed by atoms with E-state index in [2.05, 4.69) is 0 Å². The van der Waals surface area contributed by atoms with Crippen LogP contribution in [0, 0.1) is 0 Å². The fraction of sp³-hybridized carbons (Fsp3) is 0.162. The molecule has 0 amide bonds. The van der Waals surface area contributed by atoms with Gasteiger partial charge in [0, 0.05) is 108 Å². The van der Waals surface area contributed by atoms with Crippen LogP contribution >= 0.6 is 0 Å². The number of anilines is 2. The maximum Gasteiger partial charge on any atom is 0.295 e. The Labute approximate surface area is 360 Å². The van der Waals surface area contributed by atoms with E-state index in [9.17, 15) is 43.7 Å². The van der Waals surface area contributed by atoms with Gasteiger partial charge in [0.05, 0.1) is 9.79 Å². The van der Waals surface area contributed by atoms with E-state index in [0.29, 0.717) is 54.0 Å². The quantitative estimate of drug-likeness (QED) is 0.119. The van der Waals surface area contributed by atoms with Gasteiger partial charge in [-0.3, -0.25) is 18.5 Å². The Morgan fingerprint density at radius 2 is 0.981 bits per heavy atom. The number of carbonyl (C=O) groups excluding carboxylic acids is 1. The Kier molecular flexibility index (Phi) is 15.9. The Morgan fingerprint density at radius 1 is 0.574 bits per heavy atom. The number of hydrogen-bond acceptors (Lipinski definition) is 9. The van der Waals surface area contributed by atoms with Crippen LogP contribution in [0.25, 0.3) is 5.57 Å². The van der Waals surface area contributed by atoms with Crippen molar-refractivity contribution >= 4 is 112 Å². The molecule has 0 saturated heterocycles. The van der Waals surface area contributed by atoms with Crippen molar-refractivity contribution in [3.63, 3.8) is 0 Å². The van der Waals surface area contributed by atoms with Gasteiger partial charge < -0.3 is 9.80 Å². The van der Waals surface area contributed by atoms with Crippen molar-refractivity contribution in [1.82, 2.24) is 0 Å². The van der Waals surface area contributed by atoms with Crippen LogP contribution in [0.15, 0.2) is 136 Å². The molecule has 5 rings (SSSR count). The fourth-order valence-corrected chi connectivity index (χ4v) is 7.71. The van der Waals surface area contributed by atoms with Crippen LogP contribution in [-0.4, -0.2) is 117 Å². The van der Waals surface area contributed by atoms with Gasteiger partial charge >= 0.3 is 0 Å². The summed E-state index contributed by atoms with van der Waals surface area (Å²) >= 11 is 0. The number of carbonyl (C=O) groups is 1. The van der Waals surface area contributed by atoms with Gasteiger partial charge in [-0.15, -0.1) is 0 Å². The summed E-state index contributed by atoms with van der Waals surface area (Å²) in [7, 11) is -13.6. The molecular formula is C37H36N2Na2O10S3. The predicted octanol–water partition coefficient (Wildman–Crippen LogP) is 5.18. The largest absolute Gasteiger partial charge is 0.367 e. The van der Waals surface area contributed by atoms with Gasteiger partial charge in [0.15, 0.2) is 5.78 Å². The molecule has 4 aromatic rings. The third-order valence-electron chi connectivity index (χ3n) is 8.45. The zero-order valence-electron chi connectivity index (χ0n) is 30.1. The van der Waals surface area contributed by atoms with Gasteiger partial charge in [-0.2, -0.15) is 25.3 Å². The summed E-state index contributed by atoms with van der Waals surface area (Å²) in [4.78, 5) is 15.2. The van der Waals surface area contributed by atoms with Gasteiger partial charge in [0.1, 0.15) is 4.91 Å². The van der Waals surface area contributed by atoms with Gasteiger partial charge in [-0.1, -0.05) is 48.5 Å². The van der Waals surface area contributed by atoms with E-state index in [1.807, 2.05) is 47.9 Å². The smallest absolute Gasteiger partial charge is 0.295 e. The first-order valence-electron chi connectivity index (χ1n) is 16.0. The molecule has 0 bridgehead atoms. The molecule has 0 unspecified atom stereocenters. The summed E-state index contributed by atoms with van der Waals surface area (Å²) in [5.74, 6) is -0.602. The summed E-state index contributed by atoms with van der Waals surface area (Å²) in [6.45, 7) is 5.58. The molecule has 3 N–H and O–H groups in total. The number of ketones is 1. The van der Waals surface area contributed by atoms with E-state index in [-0.39, 0.29) is 74.5 Å². The van der Waals surface area contributed by atoms with Gasteiger partial charge in [-0.05, 0) is 102 Å². The normalized spacial score (nSPS) is 13.0. The Morgan fingerprint density at radius 3 is 1.33 bits per heavy atom. The minimum Gasteiger partial charge on any atom is -0.367 e. The standard InChI is InChI=1S/C37H36N2O10S3.2Na/c1-3-38(24-26-7-5-9-33(21-26)50(41,42)43)30-15-11-28(12-16-30)37(35-20-19-32(40)23-36(35)52(47,48)49)29-13-17-31(18-14-29)39(4-2)25-27-8-6-10-34(22-27)51(44,45)46;;/h5-23H,3-4,24-25H2,1-2H3,(H,41,42,43)(H,44,45,46)(H,47,48,49);;. The Hall–Kier alpha value is -2.90. The molecule has 0 spiro atoms. The molecule has 4 aromatic carbocycles. The van der Waals surface area contributed by atoms with Crippen molar-refractivity contribution in [2.24, 2.45) is 0 Å². The summed E-state index contributed by atoms with van der Waals surface area (Å²) in [6.07, 6.45) is 3.43. The number of nitrogens with zero attached hydrogens (tertiary/aromatic N) is 2. The van der Waals surface area contributed by atoms with Crippen molar-refractivity contribution in [1.29, 1.82) is 0 Å². The van der Waals surface area contributed by atoms with Crippen LogP contribution in [0.5, 0.6) is 0 Å². The number of allylic oxidation sites excluding steroid dienone is 4. The fourth-order valence-electron chi connectivity index (χ4n) is 5.90. The first-order chi connectivity index (χ1) is 24.5. The molecule has 0 heterocycles. The maximum atomic E-state index is 12.5. The van der Waals surface area contributed by atoms with E-state index in [1.165, 1.54) is 36.4 Å². The molecule has 0 atom stereocenters. The van der Waals surface area contributed by atoms with Gasteiger partial charge in [0.25, 0.3) is 30.4 Å². The van der Waals surface area contributed by atoms with Crippen LogP contribution in [0.4, 0.5) is 11.4 Å². The first kappa shape index (κ1) is 45.5. The van der Waals surface area contributed by atoms with Crippen LogP contribution in [0.1, 0.15) is 36.1 Å². The van der Waals surface area contributed by atoms with E-state index < -0.39 is 41.0 Å². The second-order valence-corrected chi connectivity index (χ2v) is 16.1. The summed E-state index contributed by atoms with van der Waals surface area (Å²) in [5.41, 5.74) is 4.48. The number of rotatable bonds is 13. The monoisotopic (exact) mass is 810 g/mol. The molecule has 1 aliphatic carbocycles. The minimum atomic E-state index is -4.82. The van der Waals surface area contributed by atoms with Crippen molar-refractivity contribution in [3.8, 4) is 0 Å². The van der Waals surface area contributed by atoms with Crippen LogP contribution in [-0.2, 0) is 48.2 Å². The summed E-state index contributed by atoms with van der Waals surface area (Å²) in [6, 6.07) is 26.3. The molecule has 274 valence electrons. The minimum absolute atomic E-state index is 0. The van der Waals surface area contributed by atoms with Crippen molar-refractivity contribution in [2.75, 3.05) is 22.9 Å². The van der Waals surface area contributed by atoms with E-state index in [0.717, 1.165) is 17.5 Å². The van der Waals surface area contributed by atoms with Crippen LogP contribution < -0.4 is 9.80 Å². The third-order valence-corrected chi connectivity index (χ3v) is 11.0. The molecule has 12 nitrogen and oxygen atoms in total. The zero-order chi connectivity index (χ0) is 37.8. The summed E-state index contributed by atoms with van der Waals surface area (Å²) in [5, 5.41) is 0. The molecule has 1 aliphatic rings.